The number of nitrogens with two attached hydrogens (primary N) is 1. The van der Waals surface area contributed by atoms with Gasteiger partial charge in [-0.25, -0.2) is 4.79 Å². The average molecular weight is 296 g/mol. The number of carbonyl (C=O) groups is 3. The Balaban J connectivity index is 3.77. The Morgan fingerprint density at radius 3 is 2.17 bits per heavy atom. The van der Waals surface area contributed by atoms with Crippen molar-refractivity contribution >= 4 is 41.4 Å². The number of thioether (sulfide) groups is 2. The van der Waals surface area contributed by atoms with E-state index in [4.69, 9.17) is 15.9 Å². The number of amides is 1. The Morgan fingerprint density at radius 1 is 1.17 bits per heavy atom. The average Bonchev–Trinajstić information content (AvgIpc) is 2.25. The summed E-state index contributed by atoms with van der Waals surface area (Å²) in [5.74, 6) is -2.06. The molecular weight excluding hydrogens is 280 g/mol. The zero-order chi connectivity index (χ0) is 14.1. The molecule has 0 aliphatic heterocycles. The van der Waals surface area contributed by atoms with Crippen molar-refractivity contribution in [2.75, 3.05) is 16.6 Å². The molecule has 104 valence electrons. The van der Waals surface area contributed by atoms with E-state index in [-0.39, 0.29) is 11.5 Å². The van der Waals surface area contributed by atoms with Gasteiger partial charge in [0.15, 0.2) is 0 Å². The van der Waals surface area contributed by atoms with E-state index in [9.17, 15) is 14.4 Å². The maximum absolute atomic E-state index is 10.8. The minimum absolute atomic E-state index is 0.226. The second kappa shape index (κ2) is 9.06. The van der Waals surface area contributed by atoms with Gasteiger partial charge in [-0.1, -0.05) is 0 Å². The maximum Gasteiger partial charge on any atom is 0.327 e. The van der Waals surface area contributed by atoms with Crippen molar-refractivity contribution in [2.45, 2.75) is 19.0 Å². The van der Waals surface area contributed by atoms with Crippen molar-refractivity contribution in [3.05, 3.63) is 0 Å². The van der Waals surface area contributed by atoms with Crippen LogP contribution in [0.25, 0.3) is 0 Å². The summed E-state index contributed by atoms with van der Waals surface area (Å²) >= 11 is 2.62. The van der Waals surface area contributed by atoms with Crippen LogP contribution >= 0.6 is 23.5 Å². The predicted octanol–water partition coefficient (Wildman–Crippen LogP) is -0.588. The van der Waals surface area contributed by atoms with Crippen LogP contribution in [0.2, 0.25) is 0 Å². The SMILES string of the molecule is CC(=O)NC(CSCSCC(N)C(=O)O)C(=O)O. The Morgan fingerprint density at radius 2 is 1.72 bits per heavy atom. The van der Waals surface area contributed by atoms with Crippen molar-refractivity contribution in [1.29, 1.82) is 0 Å². The lowest BCUT2D eigenvalue weighted by molar-refractivity contribution is -0.140. The summed E-state index contributed by atoms with van der Waals surface area (Å²) < 4.78 is 0. The monoisotopic (exact) mass is 296 g/mol. The van der Waals surface area contributed by atoms with Crippen LogP contribution in [-0.2, 0) is 14.4 Å². The lowest BCUT2D eigenvalue weighted by atomic mass is 10.3. The third-order valence-corrected chi connectivity index (χ3v) is 4.24. The largest absolute Gasteiger partial charge is 0.480 e. The fraction of sp³-hybridized carbons (Fsp3) is 0.667. The highest BCUT2D eigenvalue weighted by molar-refractivity contribution is 8.16. The zero-order valence-electron chi connectivity index (χ0n) is 9.79. The van der Waals surface area contributed by atoms with Gasteiger partial charge in [0, 0.05) is 23.5 Å². The highest BCUT2D eigenvalue weighted by Gasteiger charge is 2.18. The molecule has 0 saturated heterocycles. The van der Waals surface area contributed by atoms with Gasteiger partial charge in [-0.3, -0.25) is 9.59 Å². The minimum atomic E-state index is -1.09. The summed E-state index contributed by atoms with van der Waals surface area (Å²) in [5, 5.41) is 20.2. The molecule has 0 saturated carbocycles. The van der Waals surface area contributed by atoms with Gasteiger partial charge in [0.1, 0.15) is 12.1 Å². The quantitative estimate of drug-likeness (QED) is 0.328. The molecule has 0 fully saturated rings. The number of carbonyl (C=O) groups excluding carboxylic acids is 1. The Labute approximate surface area is 113 Å². The molecular formula is C9H16N2O5S2. The van der Waals surface area contributed by atoms with Gasteiger partial charge in [-0.2, -0.15) is 0 Å². The summed E-state index contributed by atoms with van der Waals surface area (Å²) in [6.07, 6.45) is 0. The van der Waals surface area contributed by atoms with Crippen LogP contribution < -0.4 is 11.1 Å². The first-order valence-electron chi connectivity index (χ1n) is 4.98. The van der Waals surface area contributed by atoms with E-state index in [2.05, 4.69) is 5.32 Å². The number of rotatable bonds is 9. The first kappa shape index (κ1) is 17.1. The molecule has 18 heavy (non-hydrogen) atoms. The standard InChI is InChI=1S/C9H16N2O5S2/c1-5(12)11-7(9(15)16)3-18-4-17-2-6(10)8(13)14/h6-7H,2-4,10H2,1H3,(H,11,12)(H,13,14)(H,15,16). The Kier molecular flexibility index (Phi) is 8.59. The smallest absolute Gasteiger partial charge is 0.327 e. The number of hydrogen-bond donors (Lipinski definition) is 4. The number of hydrogen-bond acceptors (Lipinski definition) is 6. The van der Waals surface area contributed by atoms with Crippen molar-refractivity contribution in [3.8, 4) is 0 Å². The summed E-state index contributed by atoms with van der Waals surface area (Å²) in [7, 11) is 0. The number of carboxylic acids is 2. The van der Waals surface area contributed by atoms with Crippen LogP contribution in [0, 0.1) is 0 Å². The van der Waals surface area contributed by atoms with E-state index in [1.54, 1.807) is 0 Å². The van der Waals surface area contributed by atoms with Gasteiger partial charge < -0.3 is 21.3 Å². The number of aliphatic carboxylic acids is 2. The third-order valence-electron chi connectivity index (χ3n) is 1.74. The van der Waals surface area contributed by atoms with E-state index in [0.717, 1.165) is 0 Å². The lowest BCUT2D eigenvalue weighted by Gasteiger charge is -2.12. The van der Waals surface area contributed by atoms with Crippen LogP contribution in [-0.4, -0.2) is 56.7 Å². The molecule has 0 rings (SSSR count). The van der Waals surface area contributed by atoms with Gasteiger partial charge in [-0.15, -0.1) is 23.5 Å². The normalized spacial score (nSPS) is 13.7. The predicted molar refractivity (Wildman–Crippen MR) is 70.6 cm³/mol. The topological polar surface area (TPSA) is 130 Å². The molecule has 9 heteroatoms. The van der Waals surface area contributed by atoms with Crippen LogP contribution in [0.3, 0.4) is 0 Å². The molecule has 0 aliphatic carbocycles. The highest BCUT2D eigenvalue weighted by atomic mass is 32.2. The summed E-state index contributed by atoms with van der Waals surface area (Å²) in [6.45, 7) is 1.25. The van der Waals surface area contributed by atoms with E-state index in [1.807, 2.05) is 0 Å². The van der Waals surface area contributed by atoms with Crippen molar-refractivity contribution in [1.82, 2.24) is 5.32 Å². The molecule has 0 aliphatic rings. The molecule has 0 radical (unpaired) electrons. The van der Waals surface area contributed by atoms with Crippen molar-refractivity contribution < 1.29 is 24.6 Å². The Bertz CT molecular complexity index is 313. The van der Waals surface area contributed by atoms with Gasteiger partial charge in [-0.05, 0) is 0 Å². The van der Waals surface area contributed by atoms with Gasteiger partial charge >= 0.3 is 11.9 Å². The fourth-order valence-electron chi connectivity index (χ4n) is 0.891. The summed E-state index contributed by atoms with van der Waals surface area (Å²) in [6, 6.07) is -1.84. The van der Waals surface area contributed by atoms with E-state index in [1.165, 1.54) is 30.4 Å². The van der Waals surface area contributed by atoms with Crippen LogP contribution in [0.4, 0.5) is 0 Å². The van der Waals surface area contributed by atoms with Crippen molar-refractivity contribution in [3.63, 3.8) is 0 Å². The van der Waals surface area contributed by atoms with Crippen LogP contribution in [0.1, 0.15) is 6.92 Å². The molecule has 5 N–H and O–H groups in total. The molecule has 0 aromatic rings. The number of nitrogens with one attached hydrogen (secondary N) is 1. The summed E-state index contributed by atoms with van der Waals surface area (Å²) in [5.41, 5.74) is 5.29. The highest BCUT2D eigenvalue weighted by Crippen LogP contribution is 2.14. The first-order chi connectivity index (χ1) is 8.34. The van der Waals surface area contributed by atoms with Crippen LogP contribution in [0.15, 0.2) is 0 Å². The maximum atomic E-state index is 10.8. The molecule has 1 amide bonds. The van der Waals surface area contributed by atoms with Gasteiger partial charge in [0.25, 0.3) is 0 Å². The molecule has 0 bridgehead atoms. The second-order valence-electron chi connectivity index (χ2n) is 3.40. The molecule has 7 nitrogen and oxygen atoms in total. The van der Waals surface area contributed by atoms with Gasteiger partial charge in [0.2, 0.25) is 5.91 Å². The molecule has 0 spiro atoms. The van der Waals surface area contributed by atoms with E-state index >= 15 is 0 Å². The second-order valence-corrected chi connectivity index (χ2v) is 5.82. The van der Waals surface area contributed by atoms with E-state index < -0.39 is 29.9 Å². The van der Waals surface area contributed by atoms with Gasteiger partial charge in [0.05, 0.1) is 0 Å². The van der Waals surface area contributed by atoms with Crippen molar-refractivity contribution in [2.24, 2.45) is 5.73 Å². The van der Waals surface area contributed by atoms with Crippen LogP contribution in [0.5, 0.6) is 0 Å². The minimum Gasteiger partial charge on any atom is -0.480 e. The molecule has 2 unspecified atom stereocenters. The first-order valence-corrected chi connectivity index (χ1v) is 7.29. The number of carboxylic acid groups (broad SMARTS) is 2. The Hall–Kier alpha value is -0.930. The molecule has 2 atom stereocenters. The molecule has 0 heterocycles. The van der Waals surface area contributed by atoms with E-state index in [0.29, 0.717) is 5.08 Å². The lowest BCUT2D eigenvalue weighted by Crippen LogP contribution is -2.41. The molecule has 0 aromatic heterocycles. The molecule has 0 aromatic carbocycles. The zero-order valence-corrected chi connectivity index (χ0v) is 11.4. The summed E-state index contributed by atoms with van der Waals surface area (Å²) in [4.78, 5) is 31.9. The third kappa shape index (κ3) is 8.20. The fourth-order valence-corrected chi connectivity index (χ4v) is 2.99.